The quantitative estimate of drug-likeness (QED) is 0.771. The molecule has 0 unspecified atom stereocenters. The van der Waals surface area contributed by atoms with Crippen molar-refractivity contribution in [2.45, 2.75) is 44.9 Å². The predicted octanol–water partition coefficient (Wildman–Crippen LogP) is 3.85. The topological polar surface area (TPSA) is 12.5 Å². The van der Waals surface area contributed by atoms with Crippen molar-refractivity contribution in [3.8, 4) is 5.75 Å². The Balaban J connectivity index is 2.22. The lowest BCUT2D eigenvalue weighted by atomic mass is 9.76. The Labute approximate surface area is 117 Å². The van der Waals surface area contributed by atoms with Crippen molar-refractivity contribution in [3.05, 3.63) is 29.8 Å². The summed E-state index contributed by atoms with van der Waals surface area (Å²) in [5.74, 6) is 1.03. The number of benzene rings is 1. The van der Waals surface area contributed by atoms with Gasteiger partial charge in [-0.2, -0.15) is 0 Å². The summed E-state index contributed by atoms with van der Waals surface area (Å²) in [6, 6.07) is 8.78. The minimum atomic E-state index is 0.342. The fourth-order valence-corrected chi connectivity index (χ4v) is 3.28. The van der Waals surface area contributed by atoms with E-state index in [1.165, 1.54) is 37.9 Å². The Bertz CT molecular complexity index is 400. The van der Waals surface area contributed by atoms with Crippen LogP contribution in [0.25, 0.3) is 0 Å². The fraction of sp³-hybridized carbons (Fsp3) is 0.647. The number of rotatable bonds is 6. The van der Waals surface area contributed by atoms with E-state index in [2.05, 4.69) is 50.1 Å². The van der Waals surface area contributed by atoms with Crippen LogP contribution in [0.1, 0.15) is 45.1 Å². The summed E-state index contributed by atoms with van der Waals surface area (Å²) in [5, 5.41) is 0. The summed E-state index contributed by atoms with van der Waals surface area (Å²) >= 11 is 0. The fourth-order valence-electron chi connectivity index (χ4n) is 3.28. The van der Waals surface area contributed by atoms with E-state index in [4.69, 9.17) is 4.74 Å². The molecular formula is C17H27NO. The highest BCUT2D eigenvalue weighted by Gasteiger charge is 2.37. The van der Waals surface area contributed by atoms with Gasteiger partial charge in [0, 0.05) is 12.0 Å². The van der Waals surface area contributed by atoms with Crippen molar-refractivity contribution in [2.24, 2.45) is 0 Å². The smallest absolute Gasteiger partial charge is 0.119 e. The summed E-state index contributed by atoms with van der Waals surface area (Å²) in [5.41, 5.74) is 1.81. The van der Waals surface area contributed by atoms with Crippen molar-refractivity contribution < 1.29 is 4.74 Å². The zero-order chi connectivity index (χ0) is 13.7. The zero-order valence-corrected chi connectivity index (χ0v) is 12.6. The monoisotopic (exact) mass is 261 g/mol. The molecule has 2 nitrogen and oxygen atoms in total. The number of likely N-dealkylation sites (N-methyl/N-ethyl adjacent to an activating group) is 1. The molecule has 1 atom stereocenters. The molecule has 2 heteroatoms. The van der Waals surface area contributed by atoms with Crippen molar-refractivity contribution in [3.63, 3.8) is 0 Å². The molecule has 2 rings (SSSR count). The maximum absolute atomic E-state index is 5.79. The van der Waals surface area contributed by atoms with Crippen LogP contribution in [0.4, 0.5) is 0 Å². The summed E-state index contributed by atoms with van der Waals surface area (Å²) in [4.78, 5) is 2.45. The van der Waals surface area contributed by atoms with Crippen LogP contribution in [-0.2, 0) is 5.41 Å². The van der Waals surface area contributed by atoms with Gasteiger partial charge < -0.3 is 9.64 Å². The number of likely N-dealkylation sites (tertiary alicyclic amines) is 1. The first-order valence-corrected chi connectivity index (χ1v) is 7.62. The molecule has 0 N–H and O–H groups in total. The largest absolute Gasteiger partial charge is 0.494 e. The number of ether oxygens (including phenoxy) is 1. The minimum Gasteiger partial charge on any atom is -0.494 e. The molecule has 1 aliphatic heterocycles. The first-order chi connectivity index (χ1) is 9.20. The summed E-state index contributed by atoms with van der Waals surface area (Å²) in [6.45, 7) is 7.63. The van der Waals surface area contributed by atoms with Crippen LogP contribution in [-0.4, -0.2) is 31.6 Å². The van der Waals surface area contributed by atoms with E-state index in [0.29, 0.717) is 5.41 Å². The molecule has 0 spiro atoms. The van der Waals surface area contributed by atoms with Crippen LogP contribution in [0.5, 0.6) is 5.75 Å². The summed E-state index contributed by atoms with van der Waals surface area (Å²) in [6.07, 6.45) is 4.85. The maximum atomic E-state index is 5.79. The van der Waals surface area contributed by atoms with Gasteiger partial charge in [0.25, 0.3) is 0 Å². The molecule has 0 aromatic heterocycles. The van der Waals surface area contributed by atoms with Crippen LogP contribution in [0.2, 0.25) is 0 Å². The van der Waals surface area contributed by atoms with Crippen LogP contribution in [0.3, 0.4) is 0 Å². The Morgan fingerprint density at radius 2 is 2.11 bits per heavy atom. The van der Waals surface area contributed by atoms with Crippen molar-refractivity contribution >= 4 is 0 Å². The normalized spacial score (nSPS) is 23.7. The van der Waals surface area contributed by atoms with Gasteiger partial charge in [0.15, 0.2) is 0 Å². The molecule has 0 radical (unpaired) electrons. The Kier molecular flexibility index (Phi) is 4.87. The van der Waals surface area contributed by atoms with Crippen molar-refractivity contribution in [1.29, 1.82) is 0 Å². The van der Waals surface area contributed by atoms with Crippen LogP contribution >= 0.6 is 0 Å². The van der Waals surface area contributed by atoms with E-state index in [1.54, 1.807) is 0 Å². The van der Waals surface area contributed by atoms with Gasteiger partial charge in [-0.05, 0) is 50.6 Å². The lowest BCUT2D eigenvalue weighted by Gasteiger charge is -2.29. The van der Waals surface area contributed by atoms with Gasteiger partial charge in [-0.1, -0.05) is 32.4 Å². The standard InChI is InChI=1S/C17H27NO/c1-4-9-17(10-11-18(3)14-17)15-7-6-8-16(13-15)19-12-5-2/h6-8,13H,4-5,9-12,14H2,1-3H3/t17-/m1/s1. The average Bonchev–Trinajstić information content (AvgIpc) is 2.80. The molecule has 1 aromatic carbocycles. The second kappa shape index (κ2) is 6.42. The molecule has 1 saturated heterocycles. The van der Waals surface area contributed by atoms with Crippen molar-refractivity contribution in [2.75, 3.05) is 26.7 Å². The zero-order valence-electron chi connectivity index (χ0n) is 12.6. The van der Waals surface area contributed by atoms with E-state index in [1.807, 2.05) is 0 Å². The van der Waals surface area contributed by atoms with E-state index >= 15 is 0 Å². The lowest BCUT2D eigenvalue weighted by molar-refractivity contribution is 0.314. The third-order valence-electron chi connectivity index (χ3n) is 4.19. The van der Waals surface area contributed by atoms with Crippen LogP contribution < -0.4 is 4.74 Å². The molecular weight excluding hydrogens is 234 g/mol. The highest BCUT2D eigenvalue weighted by atomic mass is 16.5. The first kappa shape index (κ1) is 14.4. The first-order valence-electron chi connectivity index (χ1n) is 7.62. The SMILES string of the molecule is CCCOc1cccc([C@]2(CCC)CCN(C)C2)c1. The second-order valence-electron chi connectivity index (χ2n) is 5.89. The average molecular weight is 261 g/mol. The third kappa shape index (κ3) is 3.30. The van der Waals surface area contributed by atoms with Crippen LogP contribution in [0, 0.1) is 0 Å². The van der Waals surface area contributed by atoms with E-state index in [9.17, 15) is 0 Å². The molecule has 1 heterocycles. The van der Waals surface area contributed by atoms with E-state index in [-0.39, 0.29) is 0 Å². The van der Waals surface area contributed by atoms with Crippen LogP contribution in [0.15, 0.2) is 24.3 Å². The molecule has 1 fully saturated rings. The number of hydrogen-bond acceptors (Lipinski definition) is 2. The Morgan fingerprint density at radius 3 is 2.74 bits per heavy atom. The van der Waals surface area contributed by atoms with E-state index in [0.717, 1.165) is 18.8 Å². The Morgan fingerprint density at radius 1 is 1.26 bits per heavy atom. The molecule has 0 bridgehead atoms. The van der Waals surface area contributed by atoms with Crippen molar-refractivity contribution in [1.82, 2.24) is 4.90 Å². The molecule has 1 aliphatic rings. The number of nitrogens with zero attached hydrogens (tertiary/aromatic N) is 1. The Hall–Kier alpha value is -1.02. The molecule has 0 amide bonds. The molecule has 0 saturated carbocycles. The van der Waals surface area contributed by atoms with Gasteiger partial charge >= 0.3 is 0 Å². The van der Waals surface area contributed by atoms with Gasteiger partial charge in [0.05, 0.1) is 6.61 Å². The summed E-state index contributed by atoms with van der Waals surface area (Å²) < 4.78 is 5.79. The number of hydrogen-bond donors (Lipinski definition) is 0. The van der Waals surface area contributed by atoms with Gasteiger partial charge in [-0.25, -0.2) is 0 Å². The predicted molar refractivity (Wildman–Crippen MR) is 80.9 cm³/mol. The maximum Gasteiger partial charge on any atom is 0.119 e. The van der Waals surface area contributed by atoms with Gasteiger partial charge in [-0.15, -0.1) is 0 Å². The molecule has 19 heavy (non-hydrogen) atoms. The lowest BCUT2D eigenvalue weighted by Crippen LogP contribution is -2.29. The molecule has 0 aliphatic carbocycles. The summed E-state index contributed by atoms with van der Waals surface area (Å²) in [7, 11) is 2.23. The highest BCUT2D eigenvalue weighted by molar-refractivity contribution is 5.35. The molecule has 106 valence electrons. The van der Waals surface area contributed by atoms with Gasteiger partial charge in [0.1, 0.15) is 5.75 Å². The third-order valence-corrected chi connectivity index (χ3v) is 4.19. The highest BCUT2D eigenvalue weighted by Crippen LogP contribution is 2.39. The molecule has 1 aromatic rings. The minimum absolute atomic E-state index is 0.342. The second-order valence-corrected chi connectivity index (χ2v) is 5.89. The van der Waals surface area contributed by atoms with E-state index < -0.39 is 0 Å². The van der Waals surface area contributed by atoms with Gasteiger partial charge in [0.2, 0.25) is 0 Å². The van der Waals surface area contributed by atoms with Gasteiger partial charge in [-0.3, -0.25) is 0 Å².